The van der Waals surface area contributed by atoms with Crippen LogP contribution in [0.5, 0.6) is 0 Å². The Bertz CT molecular complexity index is 1150. The van der Waals surface area contributed by atoms with Crippen LogP contribution >= 0.6 is 0 Å². The Hall–Kier alpha value is -3.96. The fourth-order valence-electron chi connectivity index (χ4n) is 3.63. The van der Waals surface area contributed by atoms with E-state index in [1.807, 2.05) is 0 Å². The molecule has 0 radical (unpaired) electrons. The van der Waals surface area contributed by atoms with E-state index in [4.69, 9.17) is 4.74 Å². The summed E-state index contributed by atoms with van der Waals surface area (Å²) in [6.45, 7) is 7.28. The van der Waals surface area contributed by atoms with Crippen LogP contribution in [0.1, 0.15) is 36.1 Å². The Morgan fingerprint density at radius 1 is 1.15 bits per heavy atom. The Balaban J connectivity index is 1.39. The molecule has 1 saturated heterocycles. The molecule has 3 aromatic heterocycles. The van der Waals surface area contributed by atoms with Crippen LogP contribution in [0, 0.1) is 6.92 Å². The minimum Gasteiger partial charge on any atom is -0.450 e. The summed E-state index contributed by atoms with van der Waals surface area (Å²) in [5, 5.41) is 11.4. The van der Waals surface area contributed by atoms with E-state index in [2.05, 4.69) is 20.5 Å². The zero-order valence-electron chi connectivity index (χ0n) is 18.8. The molecule has 3 aromatic rings. The van der Waals surface area contributed by atoms with Gasteiger partial charge in [-0.1, -0.05) is 0 Å². The average molecular weight is 454 g/mol. The van der Waals surface area contributed by atoms with Crippen molar-refractivity contribution < 1.29 is 19.1 Å². The highest BCUT2D eigenvalue weighted by molar-refractivity contribution is 6.03. The van der Waals surface area contributed by atoms with Crippen LogP contribution in [0.25, 0.3) is 5.65 Å². The third kappa shape index (κ3) is 4.64. The van der Waals surface area contributed by atoms with Gasteiger partial charge >= 0.3 is 6.09 Å². The van der Waals surface area contributed by atoms with Crippen LogP contribution in [0.15, 0.2) is 30.7 Å². The number of hydrogen-bond donors (Lipinski definition) is 1. The molecule has 1 atom stereocenters. The molecule has 4 heterocycles. The van der Waals surface area contributed by atoms with Crippen molar-refractivity contribution in [3.05, 3.63) is 42.1 Å². The molecule has 0 spiro atoms. The molecular formula is C21H26N8O4. The van der Waals surface area contributed by atoms with Crippen molar-refractivity contribution in [2.75, 3.05) is 38.1 Å². The van der Waals surface area contributed by atoms with Crippen LogP contribution in [0.4, 0.5) is 10.5 Å². The van der Waals surface area contributed by atoms with E-state index in [0.29, 0.717) is 49.8 Å². The van der Waals surface area contributed by atoms with Crippen molar-refractivity contribution >= 4 is 29.2 Å². The number of aromatic nitrogens is 5. The first-order chi connectivity index (χ1) is 15.9. The predicted molar refractivity (Wildman–Crippen MR) is 118 cm³/mol. The molecule has 0 aliphatic carbocycles. The molecule has 1 fully saturated rings. The van der Waals surface area contributed by atoms with Gasteiger partial charge in [0.25, 0.3) is 5.91 Å². The van der Waals surface area contributed by atoms with E-state index < -0.39 is 11.9 Å². The number of amides is 3. The van der Waals surface area contributed by atoms with Gasteiger partial charge in [-0.25, -0.2) is 14.3 Å². The normalized spacial score (nSPS) is 14.9. The van der Waals surface area contributed by atoms with Crippen molar-refractivity contribution in [3.8, 4) is 0 Å². The number of nitrogens with one attached hydrogen (secondary N) is 1. The SMILES string of the molecule is CCOC(=O)N1CCN(C(=O)C(C)n2cc(NC(=O)c3cc4ncccn4n3)c(C)n2)CC1. The minimum atomic E-state index is -0.567. The molecule has 1 aliphatic heterocycles. The lowest BCUT2D eigenvalue weighted by Gasteiger charge is -2.35. The number of ether oxygens (including phenoxy) is 1. The van der Waals surface area contributed by atoms with Gasteiger partial charge in [-0.15, -0.1) is 0 Å². The van der Waals surface area contributed by atoms with Crippen LogP contribution < -0.4 is 5.32 Å². The summed E-state index contributed by atoms with van der Waals surface area (Å²) in [5.74, 6) is -0.498. The van der Waals surface area contributed by atoms with Crippen molar-refractivity contribution in [1.82, 2.24) is 34.2 Å². The van der Waals surface area contributed by atoms with Gasteiger partial charge in [-0.3, -0.25) is 14.3 Å². The van der Waals surface area contributed by atoms with Gasteiger partial charge in [-0.2, -0.15) is 10.2 Å². The molecule has 174 valence electrons. The van der Waals surface area contributed by atoms with E-state index in [1.54, 1.807) is 61.3 Å². The molecule has 0 bridgehead atoms. The maximum absolute atomic E-state index is 13.0. The molecule has 3 amide bonds. The van der Waals surface area contributed by atoms with Crippen LogP contribution in [-0.2, 0) is 9.53 Å². The van der Waals surface area contributed by atoms with Crippen molar-refractivity contribution in [2.24, 2.45) is 0 Å². The first-order valence-corrected chi connectivity index (χ1v) is 10.8. The van der Waals surface area contributed by atoms with E-state index >= 15 is 0 Å². The summed E-state index contributed by atoms with van der Waals surface area (Å²) in [5.41, 5.74) is 1.87. The van der Waals surface area contributed by atoms with Gasteiger partial charge < -0.3 is 19.9 Å². The van der Waals surface area contributed by atoms with Crippen LogP contribution in [-0.4, -0.2) is 84.9 Å². The van der Waals surface area contributed by atoms with Crippen LogP contribution in [0.2, 0.25) is 0 Å². The number of aryl methyl sites for hydroxylation is 1. The number of piperazine rings is 1. The van der Waals surface area contributed by atoms with Gasteiger partial charge in [-0.05, 0) is 26.8 Å². The molecule has 33 heavy (non-hydrogen) atoms. The summed E-state index contributed by atoms with van der Waals surface area (Å²) in [6, 6.07) is 2.75. The average Bonchev–Trinajstić information content (AvgIpc) is 3.42. The number of nitrogens with zero attached hydrogens (tertiary/aromatic N) is 7. The number of carbonyl (C=O) groups excluding carboxylic acids is 3. The van der Waals surface area contributed by atoms with Crippen molar-refractivity contribution in [1.29, 1.82) is 0 Å². The maximum Gasteiger partial charge on any atom is 0.409 e. The third-order valence-electron chi connectivity index (χ3n) is 5.51. The lowest BCUT2D eigenvalue weighted by Crippen LogP contribution is -2.52. The fourth-order valence-corrected chi connectivity index (χ4v) is 3.63. The highest BCUT2D eigenvalue weighted by Gasteiger charge is 2.29. The van der Waals surface area contributed by atoms with Gasteiger partial charge in [0.05, 0.1) is 18.0 Å². The van der Waals surface area contributed by atoms with E-state index in [1.165, 1.54) is 9.20 Å². The summed E-state index contributed by atoms with van der Waals surface area (Å²) in [6.07, 6.45) is 4.62. The standard InChI is InChI=1S/C21H26N8O4/c1-4-33-21(32)27-10-8-26(9-11-27)20(31)15(3)29-13-17(14(2)24-29)23-19(30)16-12-18-22-6-5-7-28(18)25-16/h5-7,12-13,15H,4,8-11H2,1-3H3,(H,23,30). The van der Waals surface area contributed by atoms with E-state index in [0.717, 1.165) is 0 Å². The summed E-state index contributed by atoms with van der Waals surface area (Å²) >= 11 is 0. The molecule has 1 aliphatic rings. The van der Waals surface area contributed by atoms with E-state index in [9.17, 15) is 14.4 Å². The smallest absolute Gasteiger partial charge is 0.409 e. The molecular weight excluding hydrogens is 428 g/mol. The lowest BCUT2D eigenvalue weighted by molar-refractivity contribution is -0.136. The van der Waals surface area contributed by atoms with Crippen LogP contribution in [0.3, 0.4) is 0 Å². The van der Waals surface area contributed by atoms with E-state index in [-0.39, 0.29) is 17.7 Å². The van der Waals surface area contributed by atoms with Gasteiger partial charge in [0.15, 0.2) is 11.3 Å². The fraction of sp³-hybridized carbons (Fsp3) is 0.429. The Morgan fingerprint density at radius 2 is 1.88 bits per heavy atom. The second-order valence-electron chi connectivity index (χ2n) is 7.70. The number of anilines is 1. The Labute approximate surface area is 190 Å². The number of rotatable bonds is 5. The molecule has 0 aromatic carbocycles. The molecule has 12 nitrogen and oxygen atoms in total. The summed E-state index contributed by atoms with van der Waals surface area (Å²) in [4.78, 5) is 45.0. The first kappa shape index (κ1) is 22.2. The zero-order chi connectivity index (χ0) is 23.5. The second-order valence-corrected chi connectivity index (χ2v) is 7.70. The maximum atomic E-state index is 13.0. The second kappa shape index (κ2) is 9.27. The zero-order valence-corrected chi connectivity index (χ0v) is 18.8. The lowest BCUT2D eigenvalue weighted by atomic mass is 10.2. The number of hydrogen-bond acceptors (Lipinski definition) is 7. The van der Waals surface area contributed by atoms with Gasteiger partial charge in [0, 0.05) is 50.8 Å². The monoisotopic (exact) mass is 454 g/mol. The Morgan fingerprint density at radius 3 is 2.58 bits per heavy atom. The van der Waals surface area contributed by atoms with Gasteiger partial charge in [0.2, 0.25) is 5.91 Å². The third-order valence-corrected chi connectivity index (χ3v) is 5.51. The molecule has 4 rings (SSSR count). The highest BCUT2D eigenvalue weighted by Crippen LogP contribution is 2.19. The first-order valence-electron chi connectivity index (χ1n) is 10.8. The quantitative estimate of drug-likeness (QED) is 0.616. The topological polar surface area (TPSA) is 127 Å². The largest absolute Gasteiger partial charge is 0.450 e. The van der Waals surface area contributed by atoms with Crippen molar-refractivity contribution in [2.45, 2.75) is 26.8 Å². The number of fused-ring (bicyclic) bond motifs is 1. The highest BCUT2D eigenvalue weighted by atomic mass is 16.6. The molecule has 1 unspecified atom stereocenters. The molecule has 12 heteroatoms. The summed E-state index contributed by atoms with van der Waals surface area (Å²) in [7, 11) is 0. The summed E-state index contributed by atoms with van der Waals surface area (Å²) < 4.78 is 8.08. The number of carbonyl (C=O) groups is 3. The molecule has 1 N–H and O–H groups in total. The van der Waals surface area contributed by atoms with Crippen molar-refractivity contribution in [3.63, 3.8) is 0 Å². The minimum absolute atomic E-state index is 0.106. The molecule has 0 saturated carbocycles. The van der Waals surface area contributed by atoms with Gasteiger partial charge in [0.1, 0.15) is 6.04 Å². The Kier molecular flexibility index (Phi) is 6.24. The predicted octanol–water partition coefficient (Wildman–Crippen LogP) is 1.35.